The van der Waals surface area contributed by atoms with Crippen molar-refractivity contribution >= 4 is 39.6 Å². The Morgan fingerprint density at radius 2 is 1.83 bits per heavy atom. The quantitative estimate of drug-likeness (QED) is 0.0468. The Labute approximate surface area is 299 Å². The molecule has 1 aliphatic rings. The second kappa shape index (κ2) is 22.5. The number of nitrogens with zero attached hydrogens (tertiary/aromatic N) is 3. The molecule has 7 heteroatoms. The van der Waals surface area contributed by atoms with Crippen LogP contribution in [-0.4, -0.2) is 71.4 Å². The summed E-state index contributed by atoms with van der Waals surface area (Å²) in [7, 11) is 3.69. The van der Waals surface area contributed by atoms with Crippen LogP contribution in [0.1, 0.15) is 59.1 Å². The van der Waals surface area contributed by atoms with Crippen molar-refractivity contribution in [2.75, 3.05) is 43.4 Å². The van der Waals surface area contributed by atoms with E-state index < -0.39 is 0 Å². The highest BCUT2D eigenvalue weighted by Gasteiger charge is 2.16. The van der Waals surface area contributed by atoms with Crippen LogP contribution < -0.4 is 4.90 Å². The summed E-state index contributed by atoms with van der Waals surface area (Å²) in [5.41, 5.74) is 10.4. The molecule has 0 saturated carbocycles. The molecule has 2 N–H and O–H groups in total. The van der Waals surface area contributed by atoms with Crippen molar-refractivity contribution in [1.82, 2.24) is 5.06 Å². The zero-order chi connectivity index (χ0) is 35.5. The van der Waals surface area contributed by atoms with Gasteiger partial charge in [0.25, 0.3) is 0 Å². The zero-order valence-corrected chi connectivity index (χ0v) is 31.8. The number of likely N-dealkylation sites (N-methyl/N-ethyl adjacent to an activating group) is 2. The topological polar surface area (TPSA) is 59.3 Å². The minimum absolute atomic E-state index is 0.0413. The summed E-state index contributed by atoms with van der Waals surface area (Å²) < 4.78 is 0. The van der Waals surface area contributed by atoms with Crippen molar-refractivity contribution in [2.45, 2.75) is 66.2 Å². The molecule has 5 nitrogen and oxygen atoms in total. The highest BCUT2D eigenvalue weighted by molar-refractivity contribution is 8.77. The number of aliphatic imine (C=N–C) groups is 1. The predicted molar refractivity (Wildman–Crippen MR) is 217 cm³/mol. The number of anilines is 1. The number of aliphatic hydroxyl groups excluding tert-OH is 1. The molecule has 1 aromatic rings. The molecule has 0 bridgehead atoms. The Balaban J connectivity index is 1.89. The maximum atomic E-state index is 10.1. The van der Waals surface area contributed by atoms with Gasteiger partial charge in [-0.3, -0.25) is 4.99 Å². The maximum absolute atomic E-state index is 10.1. The molecule has 0 radical (unpaired) electrons. The summed E-state index contributed by atoms with van der Waals surface area (Å²) in [5, 5.41) is 21.2. The fraction of sp³-hybridized carbons (Fsp3) is 0.390. The van der Waals surface area contributed by atoms with Gasteiger partial charge in [-0.25, -0.2) is 0 Å². The number of rotatable bonds is 20. The summed E-state index contributed by atoms with van der Waals surface area (Å²) in [6.45, 7) is 25.7. The standard InChI is InChI=1S/C41H57N3O2S2/c1-10-14-37(32(6)28-39-18-20-41(30-34(39)8)44(46)13-4)16-15-35(9)48-47-26-23-42-22-21-36(11-2)31(5)27-38-17-19-40(29-33(38)7)43(12-3)24-25-45/h10-11,14-19,21-22,27-30,35,41,45-46H,1-2,12-13,20,23-26H2,3-9H3/b16-15-,31-27+,32-28+,36-21+,37-14+,42-22+. The normalized spacial score (nSPS) is 17.2. The largest absolute Gasteiger partial charge is 0.395 e. The van der Waals surface area contributed by atoms with Gasteiger partial charge in [0.05, 0.1) is 12.6 Å². The van der Waals surface area contributed by atoms with Gasteiger partial charge in [0.1, 0.15) is 0 Å². The fourth-order valence-corrected chi connectivity index (χ4v) is 7.23. The van der Waals surface area contributed by atoms with Crippen molar-refractivity contribution < 1.29 is 10.3 Å². The van der Waals surface area contributed by atoms with Crippen LogP contribution in [0.2, 0.25) is 0 Å². The van der Waals surface area contributed by atoms with E-state index in [1.165, 1.54) is 32.9 Å². The smallest absolute Gasteiger partial charge is 0.0606 e. The van der Waals surface area contributed by atoms with Crippen LogP contribution in [-0.2, 0) is 0 Å². The molecule has 0 spiro atoms. The Hall–Kier alpha value is -3.07. The highest BCUT2D eigenvalue weighted by Crippen LogP contribution is 2.29. The molecule has 2 rings (SSSR count). The summed E-state index contributed by atoms with van der Waals surface area (Å²) >= 11 is 0. The third-order valence-electron chi connectivity index (χ3n) is 8.16. The highest BCUT2D eigenvalue weighted by atomic mass is 33.1. The van der Waals surface area contributed by atoms with E-state index >= 15 is 0 Å². The average Bonchev–Trinajstić information content (AvgIpc) is 3.07. The van der Waals surface area contributed by atoms with E-state index in [4.69, 9.17) is 0 Å². The Kier molecular flexibility index (Phi) is 19.3. The first-order chi connectivity index (χ1) is 23.1. The molecule has 0 saturated heterocycles. The lowest BCUT2D eigenvalue weighted by molar-refractivity contribution is -0.108. The molecular weight excluding hydrogens is 631 g/mol. The summed E-state index contributed by atoms with van der Waals surface area (Å²) in [5.74, 6) is 0.931. The van der Waals surface area contributed by atoms with Gasteiger partial charge in [-0.2, -0.15) is 5.06 Å². The van der Waals surface area contributed by atoms with Crippen molar-refractivity contribution in [3.63, 3.8) is 0 Å². The monoisotopic (exact) mass is 687 g/mol. The number of benzene rings is 1. The molecule has 1 aliphatic carbocycles. The van der Waals surface area contributed by atoms with Crippen LogP contribution in [0.5, 0.6) is 0 Å². The first kappa shape index (κ1) is 41.1. The summed E-state index contributed by atoms with van der Waals surface area (Å²) in [6, 6.07) is 6.49. The van der Waals surface area contributed by atoms with E-state index in [1.807, 2.05) is 53.0 Å². The molecule has 0 fully saturated rings. The van der Waals surface area contributed by atoms with Gasteiger partial charge in [0.15, 0.2) is 0 Å². The lowest BCUT2D eigenvalue weighted by Crippen LogP contribution is -2.31. The van der Waals surface area contributed by atoms with E-state index in [-0.39, 0.29) is 12.6 Å². The van der Waals surface area contributed by atoms with Gasteiger partial charge in [-0.1, -0.05) is 102 Å². The fourth-order valence-electron chi connectivity index (χ4n) is 5.25. The SMILES string of the molecule is C=C/C=C(\C=C/C(C)SSCC/N=C/C=C(C=C)/C(C)=C/c1ccc(N(CC)CCO)cc1C)C(/C)=C/C1=CCC(N(O)CC)C=C1C. The van der Waals surface area contributed by atoms with E-state index in [2.05, 4.69) is 125 Å². The van der Waals surface area contributed by atoms with Crippen LogP contribution in [0.25, 0.3) is 6.08 Å². The van der Waals surface area contributed by atoms with Crippen molar-refractivity contribution in [3.8, 4) is 0 Å². The molecule has 0 aliphatic heterocycles. The number of hydrogen-bond acceptors (Lipinski definition) is 7. The Bertz CT molecular complexity index is 1460. The number of aliphatic hydroxyl groups is 1. The average molecular weight is 688 g/mol. The van der Waals surface area contributed by atoms with E-state index in [9.17, 15) is 10.3 Å². The lowest BCUT2D eigenvalue weighted by Gasteiger charge is -2.25. The number of hydrogen-bond donors (Lipinski definition) is 2. The van der Waals surface area contributed by atoms with Gasteiger partial charge >= 0.3 is 0 Å². The van der Waals surface area contributed by atoms with Crippen LogP contribution in [0.4, 0.5) is 5.69 Å². The number of allylic oxidation sites excluding steroid dienone is 12. The molecule has 0 amide bonds. The van der Waals surface area contributed by atoms with Gasteiger partial charge in [-0.05, 0) is 111 Å². The van der Waals surface area contributed by atoms with Crippen LogP contribution in [0, 0.1) is 6.92 Å². The summed E-state index contributed by atoms with van der Waals surface area (Å²) in [4.78, 5) is 6.79. The first-order valence-electron chi connectivity index (χ1n) is 16.9. The number of aryl methyl sites for hydroxylation is 1. The molecule has 2 atom stereocenters. The second-order valence-electron chi connectivity index (χ2n) is 11.8. The maximum Gasteiger partial charge on any atom is 0.0606 e. The van der Waals surface area contributed by atoms with Gasteiger partial charge in [0.2, 0.25) is 0 Å². The van der Waals surface area contributed by atoms with Crippen LogP contribution in [0.3, 0.4) is 0 Å². The van der Waals surface area contributed by atoms with Crippen LogP contribution in [0.15, 0.2) is 124 Å². The van der Waals surface area contributed by atoms with Crippen molar-refractivity contribution in [3.05, 3.63) is 131 Å². The molecule has 48 heavy (non-hydrogen) atoms. The van der Waals surface area contributed by atoms with Gasteiger partial charge in [-0.15, -0.1) is 0 Å². The van der Waals surface area contributed by atoms with Gasteiger partial charge < -0.3 is 15.2 Å². The summed E-state index contributed by atoms with van der Waals surface area (Å²) in [6.07, 6.45) is 23.7. The molecule has 2 unspecified atom stereocenters. The lowest BCUT2D eigenvalue weighted by atomic mass is 9.92. The first-order valence-corrected chi connectivity index (χ1v) is 19.3. The molecule has 260 valence electrons. The Morgan fingerprint density at radius 1 is 1.08 bits per heavy atom. The van der Waals surface area contributed by atoms with E-state index in [1.54, 1.807) is 0 Å². The minimum Gasteiger partial charge on any atom is -0.395 e. The van der Waals surface area contributed by atoms with E-state index in [0.29, 0.717) is 18.3 Å². The zero-order valence-electron chi connectivity index (χ0n) is 30.2. The molecule has 1 aromatic carbocycles. The van der Waals surface area contributed by atoms with Crippen molar-refractivity contribution in [2.24, 2.45) is 4.99 Å². The second-order valence-corrected chi connectivity index (χ2v) is 14.7. The molecular formula is C41H57N3O2S2. The third kappa shape index (κ3) is 13.8. The predicted octanol–water partition coefficient (Wildman–Crippen LogP) is 10.1. The van der Waals surface area contributed by atoms with Crippen LogP contribution >= 0.6 is 21.6 Å². The van der Waals surface area contributed by atoms with Gasteiger partial charge in [0, 0.05) is 49.1 Å². The van der Waals surface area contributed by atoms with E-state index in [0.717, 1.165) is 47.7 Å². The van der Waals surface area contributed by atoms with Crippen molar-refractivity contribution in [1.29, 1.82) is 0 Å². The molecule has 0 heterocycles. The third-order valence-corrected chi connectivity index (χ3v) is 10.9. The Morgan fingerprint density at radius 3 is 2.46 bits per heavy atom. The minimum atomic E-state index is 0.0413. The molecule has 0 aromatic heterocycles. The number of hydroxylamine groups is 2.